The molecule has 24 heavy (non-hydrogen) atoms. The number of hydrogen-bond acceptors (Lipinski definition) is 4. The van der Waals surface area contributed by atoms with Crippen molar-refractivity contribution in [2.24, 2.45) is 5.73 Å². The highest BCUT2D eigenvalue weighted by molar-refractivity contribution is 6.31. The van der Waals surface area contributed by atoms with Crippen LogP contribution in [0.3, 0.4) is 0 Å². The molecule has 126 valence electrons. The SMILES string of the molecule is NCCNC(=O)c1cc(Cl)cc(NC(=O)OCc2ccccc2)c1. The molecule has 0 spiro atoms. The summed E-state index contributed by atoms with van der Waals surface area (Å²) in [5.74, 6) is -0.316. The lowest BCUT2D eigenvalue weighted by Crippen LogP contribution is -2.29. The van der Waals surface area contributed by atoms with Crippen molar-refractivity contribution in [2.75, 3.05) is 18.4 Å². The predicted molar refractivity (Wildman–Crippen MR) is 93.1 cm³/mol. The molecule has 0 saturated carbocycles. The number of ether oxygens (including phenoxy) is 1. The molecular formula is C17H18ClN3O3. The van der Waals surface area contributed by atoms with E-state index >= 15 is 0 Å². The summed E-state index contributed by atoms with van der Waals surface area (Å²) in [5, 5.41) is 5.52. The van der Waals surface area contributed by atoms with Crippen molar-refractivity contribution in [3.63, 3.8) is 0 Å². The van der Waals surface area contributed by atoms with Gasteiger partial charge in [-0.25, -0.2) is 4.79 Å². The molecule has 0 aliphatic heterocycles. The molecule has 0 saturated heterocycles. The van der Waals surface area contributed by atoms with Crippen LogP contribution in [0.4, 0.5) is 10.5 Å². The van der Waals surface area contributed by atoms with Crippen LogP contribution in [0.5, 0.6) is 0 Å². The molecular weight excluding hydrogens is 330 g/mol. The van der Waals surface area contributed by atoms with Gasteiger partial charge in [0, 0.05) is 29.4 Å². The molecule has 0 heterocycles. The summed E-state index contributed by atoms with van der Waals surface area (Å²) in [6.45, 7) is 0.841. The lowest BCUT2D eigenvalue weighted by Gasteiger charge is -2.10. The highest BCUT2D eigenvalue weighted by Gasteiger charge is 2.10. The maximum atomic E-state index is 11.9. The van der Waals surface area contributed by atoms with E-state index in [4.69, 9.17) is 22.1 Å². The smallest absolute Gasteiger partial charge is 0.411 e. The zero-order valence-electron chi connectivity index (χ0n) is 12.9. The highest BCUT2D eigenvalue weighted by Crippen LogP contribution is 2.19. The van der Waals surface area contributed by atoms with Crippen LogP contribution in [0, 0.1) is 0 Å². The number of amides is 2. The Morgan fingerprint density at radius 3 is 2.58 bits per heavy atom. The van der Waals surface area contributed by atoms with E-state index in [1.54, 1.807) is 0 Å². The summed E-state index contributed by atoms with van der Waals surface area (Å²) in [6.07, 6.45) is -0.630. The van der Waals surface area contributed by atoms with Crippen LogP contribution < -0.4 is 16.4 Å². The van der Waals surface area contributed by atoms with Crippen LogP contribution in [-0.2, 0) is 11.3 Å². The summed E-state index contributed by atoms with van der Waals surface area (Å²) in [5.41, 5.74) is 6.92. The lowest BCUT2D eigenvalue weighted by atomic mass is 10.2. The Hall–Kier alpha value is -2.57. The first-order valence-electron chi connectivity index (χ1n) is 7.35. The Balaban J connectivity index is 1.97. The third kappa shape index (κ3) is 5.57. The van der Waals surface area contributed by atoms with Gasteiger partial charge in [-0.1, -0.05) is 41.9 Å². The van der Waals surface area contributed by atoms with Crippen molar-refractivity contribution in [1.29, 1.82) is 0 Å². The Labute approximate surface area is 144 Å². The molecule has 2 aromatic rings. The standard InChI is InChI=1S/C17H18ClN3O3/c18-14-8-13(16(22)20-7-6-19)9-15(10-14)21-17(23)24-11-12-4-2-1-3-5-12/h1-5,8-10H,6-7,11,19H2,(H,20,22)(H,21,23). The summed E-state index contributed by atoms with van der Waals surface area (Å²) >= 11 is 5.99. The molecule has 4 N–H and O–H groups in total. The van der Waals surface area contributed by atoms with E-state index in [-0.39, 0.29) is 12.5 Å². The van der Waals surface area contributed by atoms with E-state index in [0.29, 0.717) is 29.4 Å². The van der Waals surface area contributed by atoms with Gasteiger partial charge in [0.1, 0.15) is 6.61 Å². The normalized spacial score (nSPS) is 10.1. The Kier molecular flexibility index (Phi) is 6.60. The van der Waals surface area contributed by atoms with Crippen LogP contribution in [0.25, 0.3) is 0 Å². The van der Waals surface area contributed by atoms with Gasteiger partial charge in [0.05, 0.1) is 0 Å². The van der Waals surface area contributed by atoms with Crippen molar-refractivity contribution in [3.05, 3.63) is 64.7 Å². The first-order chi connectivity index (χ1) is 11.6. The Morgan fingerprint density at radius 2 is 1.88 bits per heavy atom. The molecule has 0 aromatic heterocycles. The van der Waals surface area contributed by atoms with Gasteiger partial charge >= 0.3 is 6.09 Å². The second-order valence-electron chi connectivity index (χ2n) is 4.96. The van der Waals surface area contributed by atoms with E-state index in [0.717, 1.165) is 5.56 Å². The van der Waals surface area contributed by atoms with Crippen LogP contribution in [0.15, 0.2) is 48.5 Å². The molecule has 0 fully saturated rings. The summed E-state index contributed by atoms with van der Waals surface area (Å²) in [4.78, 5) is 23.8. The monoisotopic (exact) mass is 347 g/mol. The van der Waals surface area contributed by atoms with Gasteiger partial charge in [-0.2, -0.15) is 0 Å². The van der Waals surface area contributed by atoms with E-state index in [1.165, 1.54) is 18.2 Å². The number of hydrogen-bond donors (Lipinski definition) is 3. The lowest BCUT2D eigenvalue weighted by molar-refractivity contribution is 0.0954. The number of carbonyl (C=O) groups excluding carboxylic acids is 2. The third-order valence-corrected chi connectivity index (χ3v) is 3.27. The highest BCUT2D eigenvalue weighted by atomic mass is 35.5. The third-order valence-electron chi connectivity index (χ3n) is 3.05. The number of anilines is 1. The quantitative estimate of drug-likeness (QED) is 0.749. The molecule has 0 radical (unpaired) electrons. The van der Waals surface area contributed by atoms with Crippen molar-refractivity contribution >= 4 is 29.3 Å². The molecule has 6 nitrogen and oxygen atoms in total. The molecule has 0 aliphatic carbocycles. The van der Waals surface area contributed by atoms with E-state index in [9.17, 15) is 9.59 Å². The van der Waals surface area contributed by atoms with E-state index in [1.807, 2.05) is 30.3 Å². The van der Waals surface area contributed by atoms with Gasteiger partial charge in [-0.05, 0) is 23.8 Å². The van der Waals surface area contributed by atoms with E-state index < -0.39 is 6.09 Å². The number of nitrogens with one attached hydrogen (secondary N) is 2. The van der Waals surface area contributed by atoms with Gasteiger partial charge < -0.3 is 15.8 Å². The molecule has 0 unspecified atom stereocenters. The van der Waals surface area contributed by atoms with E-state index in [2.05, 4.69) is 10.6 Å². The van der Waals surface area contributed by atoms with Crippen molar-refractivity contribution < 1.29 is 14.3 Å². The molecule has 0 atom stereocenters. The first-order valence-corrected chi connectivity index (χ1v) is 7.73. The largest absolute Gasteiger partial charge is 0.444 e. The van der Waals surface area contributed by atoms with Crippen LogP contribution in [-0.4, -0.2) is 25.1 Å². The fraction of sp³-hybridized carbons (Fsp3) is 0.176. The topological polar surface area (TPSA) is 93.5 Å². The minimum atomic E-state index is -0.630. The Bertz CT molecular complexity index is 707. The minimum Gasteiger partial charge on any atom is -0.444 e. The average molecular weight is 348 g/mol. The second kappa shape index (κ2) is 8.90. The molecule has 7 heteroatoms. The van der Waals surface area contributed by atoms with Gasteiger partial charge in [0.25, 0.3) is 5.91 Å². The van der Waals surface area contributed by atoms with Crippen LogP contribution >= 0.6 is 11.6 Å². The number of carbonyl (C=O) groups is 2. The molecule has 2 rings (SSSR count). The molecule has 0 bridgehead atoms. The average Bonchev–Trinajstić information content (AvgIpc) is 2.58. The summed E-state index contributed by atoms with van der Waals surface area (Å²) in [6, 6.07) is 13.9. The zero-order valence-corrected chi connectivity index (χ0v) is 13.7. The fourth-order valence-corrected chi connectivity index (χ4v) is 2.19. The van der Waals surface area contributed by atoms with Crippen molar-refractivity contribution in [1.82, 2.24) is 5.32 Å². The van der Waals surface area contributed by atoms with Crippen LogP contribution in [0.2, 0.25) is 5.02 Å². The molecule has 0 aliphatic rings. The summed E-state index contributed by atoms with van der Waals surface area (Å²) < 4.78 is 5.13. The number of nitrogens with two attached hydrogens (primary N) is 1. The van der Waals surface area contributed by atoms with Crippen molar-refractivity contribution in [2.45, 2.75) is 6.61 Å². The zero-order chi connectivity index (χ0) is 17.4. The maximum Gasteiger partial charge on any atom is 0.411 e. The maximum absolute atomic E-state index is 11.9. The fourth-order valence-electron chi connectivity index (χ4n) is 1.96. The van der Waals surface area contributed by atoms with Gasteiger partial charge in [-0.15, -0.1) is 0 Å². The van der Waals surface area contributed by atoms with Gasteiger partial charge in [0.15, 0.2) is 0 Å². The Morgan fingerprint density at radius 1 is 1.12 bits per heavy atom. The van der Waals surface area contributed by atoms with Crippen molar-refractivity contribution in [3.8, 4) is 0 Å². The van der Waals surface area contributed by atoms with Gasteiger partial charge in [-0.3, -0.25) is 10.1 Å². The summed E-state index contributed by atoms with van der Waals surface area (Å²) in [7, 11) is 0. The van der Waals surface area contributed by atoms with Crippen LogP contribution in [0.1, 0.15) is 15.9 Å². The van der Waals surface area contributed by atoms with Gasteiger partial charge in [0.2, 0.25) is 0 Å². The number of benzene rings is 2. The minimum absolute atomic E-state index is 0.150. The number of halogens is 1. The first kappa shape index (κ1) is 17.8. The predicted octanol–water partition coefficient (Wildman–Crippen LogP) is 2.78. The second-order valence-corrected chi connectivity index (χ2v) is 5.40. The molecule has 2 amide bonds. The molecule has 2 aromatic carbocycles. The number of rotatable bonds is 6.